The first-order chi connectivity index (χ1) is 7.38. The average Bonchev–Trinajstić information content (AvgIpc) is 2.22. The Morgan fingerprint density at radius 3 is 2.00 bits per heavy atom. The van der Waals surface area contributed by atoms with Gasteiger partial charge in [-0.2, -0.15) is 0 Å². The molecule has 1 heterocycles. The summed E-state index contributed by atoms with van der Waals surface area (Å²) in [6, 6.07) is 0. The summed E-state index contributed by atoms with van der Waals surface area (Å²) in [5.41, 5.74) is -0.977. The number of sulfone groups is 1. The quantitative estimate of drug-likeness (QED) is 0.778. The Morgan fingerprint density at radius 1 is 1.25 bits per heavy atom. The number of carbonyl (C=O) groups is 1. The van der Waals surface area contributed by atoms with Crippen molar-refractivity contribution in [3.05, 3.63) is 0 Å². The topological polar surface area (TPSA) is 74.7 Å². The monoisotopic (exact) mass is 249 g/mol. The van der Waals surface area contributed by atoms with Gasteiger partial charge in [0.25, 0.3) is 0 Å². The van der Waals surface area contributed by atoms with Crippen molar-refractivity contribution in [2.75, 3.05) is 24.6 Å². The van der Waals surface area contributed by atoms with Gasteiger partial charge in [-0.25, -0.2) is 8.42 Å². The van der Waals surface area contributed by atoms with Crippen LogP contribution in [0.4, 0.5) is 0 Å². The van der Waals surface area contributed by atoms with Gasteiger partial charge in [0.2, 0.25) is 0 Å². The van der Waals surface area contributed by atoms with Crippen LogP contribution in [0.15, 0.2) is 0 Å². The van der Waals surface area contributed by atoms with Crippen molar-refractivity contribution in [2.24, 2.45) is 0 Å². The Kier molecular flexibility index (Phi) is 3.96. The molecule has 0 radical (unpaired) electrons. The molecule has 0 spiro atoms. The predicted octanol–water partition coefficient (Wildman–Crippen LogP) is 0.360. The molecule has 94 valence electrons. The first-order valence-electron chi connectivity index (χ1n) is 5.57. The van der Waals surface area contributed by atoms with E-state index in [0.29, 0.717) is 13.1 Å². The Hall–Kier alpha value is -0.620. The molecule has 0 bridgehead atoms. The van der Waals surface area contributed by atoms with Crippen molar-refractivity contribution < 1.29 is 18.3 Å². The van der Waals surface area contributed by atoms with Crippen molar-refractivity contribution >= 4 is 15.8 Å². The van der Waals surface area contributed by atoms with Crippen LogP contribution in [-0.4, -0.2) is 54.5 Å². The van der Waals surface area contributed by atoms with E-state index in [1.807, 2.05) is 18.7 Å². The minimum atomic E-state index is -3.03. The highest BCUT2D eigenvalue weighted by Crippen LogP contribution is 2.30. The van der Waals surface area contributed by atoms with Crippen molar-refractivity contribution in [1.29, 1.82) is 0 Å². The van der Waals surface area contributed by atoms with Gasteiger partial charge in [0.1, 0.15) is 15.4 Å². The fraction of sp³-hybridized carbons (Fsp3) is 0.900. The van der Waals surface area contributed by atoms with E-state index in [4.69, 9.17) is 0 Å². The van der Waals surface area contributed by atoms with Crippen LogP contribution in [0.2, 0.25) is 0 Å². The van der Waals surface area contributed by atoms with Crippen LogP contribution in [0.25, 0.3) is 0 Å². The maximum absolute atomic E-state index is 11.4. The normalized spacial score (nSPS) is 23.2. The van der Waals surface area contributed by atoms with Gasteiger partial charge in [-0.15, -0.1) is 0 Å². The SMILES string of the molecule is CCN(CC)C1(C(=O)O)CCS(=O)(=O)CC1. The third-order valence-corrected chi connectivity index (χ3v) is 5.07. The molecular weight excluding hydrogens is 230 g/mol. The summed E-state index contributed by atoms with van der Waals surface area (Å²) in [6.45, 7) is 5.06. The van der Waals surface area contributed by atoms with E-state index >= 15 is 0 Å². The second kappa shape index (κ2) is 4.71. The molecule has 0 saturated carbocycles. The van der Waals surface area contributed by atoms with Gasteiger partial charge in [0.05, 0.1) is 11.5 Å². The molecule has 6 heteroatoms. The van der Waals surface area contributed by atoms with Crippen LogP contribution >= 0.6 is 0 Å². The Morgan fingerprint density at radius 2 is 1.69 bits per heavy atom. The predicted molar refractivity (Wildman–Crippen MR) is 61.2 cm³/mol. The van der Waals surface area contributed by atoms with Crippen LogP contribution in [0.5, 0.6) is 0 Å². The number of carboxylic acids is 1. The molecular formula is C10H19NO4S. The van der Waals surface area contributed by atoms with Gasteiger partial charge in [0.15, 0.2) is 0 Å². The minimum Gasteiger partial charge on any atom is -0.480 e. The molecule has 16 heavy (non-hydrogen) atoms. The highest BCUT2D eigenvalue weighted by Gasteiger charge is 2.46. The van der Waals surface area contributed by atoms with Crippen LogP contribution in [-0.2, 0) is 14.6 Å². The molecule has 0 aromatic rings. The highest BCUT2D eigenvalue weighted by molar-refractivity contribution is 7.91. The smallest absolute Gasteiger partial charge is 0.324 e. The Bertz CT molecular complexity index is 345. The lowest BCUT2D eigenvalue weighted by Crippen LogP contribution is -2.58. The van der Waals surface area contributed by atoms with Crippen molar-refractivity contribution in [3.63, 3.8) is 0 Å². The van der Waals surface area contributed by atoms with E-state index in [-0.39, 0.29) is 24.3 Å². The zero-order valence-corrected chi connectivity index (χ0v) is 10.6. The summed E-state index contributed by atoms with van der Waals surface area (Å²) in [5, 5.41) is 9.36. The summed E-state index contributed by atoms with van der Waals surface area (Å²) in [6.07, 6.45) is 0.401. The number of rotatable bonds is 4. The van der Waals surface area contributed by atoms with Crippen LogP contribution in [0.3, 0.4) is 0 Å². The van der Waals surface area contributed by atoms with Crippen molar-refractivity contribution in [3.8, 4) is 0 Å². The number of hydrogen-bond acceptors (Lipinski definition) is 4. The molecule has 0 atom stereocenters. The number of likely N-dealkylation sites (N-methyl/N-ethyl adjacent to an activating group) is 1. The van der Waals surface area contributed by atoms with Gasteiger partial charge in [-0.05, 0) is 25.9 Å². The zero-order chi connectivity index (χ0) is 12.4. The number of carboxylic acid groups (broad SMARTS) is 1. The highest BCUT2D eigenvalue weighted by atomic mass is 32.2. The van der Waals surface area contributed by atoms with E-state index in [2.05, 4.69) is 0 Å². The maximum Gasteiger partial charge on any atom is 0.324 e. The van der Waals surface area contributed by atoms with E-state index in [9.17, 15) is 18.3 Å². The van der Waals surface area contributed by atoms with Crippen LogP contribution in [0.1, 0.15) is 26.7 Å². The van der Waals surface area contributed by atoms with Crippen molar-refractivity contribution in [1.82, 2.24) is 4.90 Å². The third kappa shape index (κ3) is 2.38. The van der Waals surface area contributed by atoms with Gasteiger partial charge in [-0.1, -0.05) is 13.8 Å². The fourth-order valence-corrected chi connectivity index (χ4v) is 3.87. The second-order valence-corrected chi connectivity index (χ2v) is 6.46. The molecule has 1 fully saturated rings. The van der Waals surface area contributed by atoms with Gasteiger partial charge in [-0.3, -0.25) is 9.69 Å². The fourth-order valence-electron chi connectivity index (χ4n) is 2.37. The lowest BCUT2D eigenvalue weighted by molar-refractivity contribution is -0.152. The van der Waals surface area contributed by atoms with Crippen LogP contribution in [0, 0.1) is 0 Å². The molecule has 0 amide bonds. The molecule has 0 aromatic heterocycles. The summed E-state index contributed by atoms with van der Waals surface area (Å²) in [4.78, 5) is 13.3. The third-order valence-electron chi connectivity index (χ3n) is 3.42. The Balaban J connectivity index is 2.96. The number of hydrogen-bond donors (Lipinski definition) is 1. The molecule has 0 unspecified atom stereocenters. The first kappa shape index (κ1) is 13.4. The van der Waals surface area contributed by atoms with Crippen LogP contribution < -0.4 is 0 Å². The molecule has 5 nitrogen and oxygen atoms in total. The number of nitrogens with zero attached hydrogens (tertiary/aromatic N) is 1. The van der Waals surface area contributed by atoms with Crippen molar-refractivity contribution in [2.45, 2.75) is 32.2 Å². The second-order valence-electron chi connectivity index (χ2n) is 4.16. The maximum atomic E-state index is 11.4. The van der Waals surface area contributed by atoms with Gasteiger partial charge < -0.3 is 5.11 Å². The number of aliphatic carboxylic acids is 1. The molecule has 0 aliphatic carbocycles. The van der Waals surface area contributed by atoms with Gasteiger partial charge >= 0.3 is 5.97 Å². The first-order valence-corrected chi connectivity index (χ1v) is 7.39. The molecule has 1 aliphatic rings. The summed E-state index contributed by atoms with van der Waals surface area (Å²) in [5.74, 6) is -0.933. The molecule has 0 aromatic carbocycles. The molecule has 1 saturated heterocycles. The standard InChI is InChI=1S/C10H19NO4S/c1-3-11(4-2)10(9(12)13)5-7-16(14,15)8-6-10/h3-8H2,1-2H3,(H,12,13). The Labute approximate surface area is 96.4 Å². The lowest BCUT2D eigenvalue weighted by Gasteiger charge is -2.41. The summed E-state index contributed by atoms with van der Waals surface area (Å²) >= 11 is 0. The molecule has 1 rings (SSSR count). The molecule has 1 aliphatic heterocycles. The summed E-state index contributed by atoms with van der Waals surface area (Å²) < 4.78 is 22.7. The summed E-state index contributed by atoms with van der Waals surface area (Å²) in [7, 11) is -3.03. The van der Waals surface area contributed by atoms with E-state index in [0.717, 1.165) is 0 Å². The molecule has 1 N–H and O–H groups in total. The van der Waals surface area contributed by atoms with E-state index < -0.39 is 21.3 Å². The zero-order valence-electron chi connectivity index (χ0n) is 9.77. The average molecular weight is 249 g/mol. The van der Waals surface area contributed by atoms with Gasteiger partial charge in [0, 0.05) is 0 Å². The minimum absolute atomic E-state index is 0.0181. The largest absolute Gasteiger partial charge is 0.480 e. The van der Waals surface area contributed by atoms with E-state index in [1.54, 1.807) is 0 Å². The lowest BCUT2D eigenvalue weighted by atomic mass is 9.90. The van der Waals surface area contributed by atoms with E-state index in [1.165, 1.54) is 0 Å².